The summed E-state index contributed by atoms with van der Waals surface area (Å²) in [4.78, 5) is 8.99. The number of aromatic nitrogens is 2. The number of hydrogen-bond donors (Lipinski definition) is 2. The molecule has 102 valence electrons. The highest BCUT2D eigenvalue weighted by Crippen LogP contribution is 2.15. The third kappa shape index (κ3) is 4.61. The molecule has 18 heavy (non-hydrogen) atoms. The van der Waals surface area contributed by atoms with Crippen molar-refractivity contribution >= 4 is 5.82 Å². The minimum absolute atomic E-state index is 0.358. The van der Waals surface area contributed by atoms with Crippen molar-refractivity contribution in [2.75, 3.05) is 18.4 Å². The van der Waals surface area contributed by atoms with Gasteiger partial charge >= 0.3 is 0 Å². The fourth-order valence-electron chi connectivity index (χ4n) is 1.88. The Hall–Kier alpha value is -1.16. The molecule has 0 fully saturated rings. The van der Waals surface area contributed by atoms with Crippen LogP contribution in [0.3, 0.4) is 0 Å². The Morgan fingerprint density at radius 1 is 1.33 bits per heavy atom. The lowest BCUT2D eigenvalue weighted by atomic mass is 10.0. The van der Waals surface area contributed by atoms with Crippen molar-refractivity contribution in [2.45, 2.75) is 46.5 Å². The van der Waals surface area contributed by atoms with Gasteiger partial charge in [-0.3, -0.25) is 0 Å². The first-order valence-electron chi connectivity index (χ1n) is 6.86. The Balaban J connectivity index is 2.66. The van der Waals surface area contributed by atoms with Crippen molar-refractivity contribution in [1.29, 1.82) is 0 Å². The Morgan fingerprint density at radius 2 is 2.06 bits per heavy atom. The van der Waals surface area contributed by atoms with Gasteiger partial charge in [0, 0.05) is 24.2 Å². The molecule has 0 saturated carbocycles. The molecule has 0 radical (unpaired) electrons. The summed E-state index contributed by atoms with van der Waals surface area (Å²) in [7, 11) is 0. The maximum atomic E-state index is 5.61. The van der Waals surface area contributed by atoms with Gasteiger partial charge < -0.3 is 11.1 Å². The molecule has 4 nitrogen and oxygen atoms in total. The average Bonchev–Trinajstić information content (AvgIpc) is 2.33. The lowest BCUT2D eigenvalue weighted by Crippen LogP contribution is -2.18. The summed E-state index contributed by atoms with van der Waals surface area (Å²) < 4.78 is 0. The monoisotopic (exact) mass is 250 g/mol. The Bertz CT molecular complexity index is 363. The van der Waals surface area contributed by atoms with E-state index in [-0.39, 0.29) is 0 Å². The summed E-state index contributed by atoms with van der Waals surface area (Å²) in [6, 6.07) is 2.00. The Morgan fingerprint density at radius 3 is 2.61 bits per heavy atom. The molecule has 0 bridgehead atoms. The van der Waals surface area contributed by atoms with Gasteiger partial charge in [0.2, 0.25) is 0 Å². The summed E-state index contributed by atoms with van der Waals surface area (Å²) >= 11 is 0. The zero-order chi connectivity index (χ0) is 13.5. The van der Waals surface area contributed by atoms with E-state index in [1.165, 1.54) is 0 Å². The lowest BCUT2D eigenvalue weighted by molar-refractivity contribution is 0.500. The van der Waals surface area contributed by atoms with Crippen LogP contribution in [0.25, 0.3) is 0 Å². The van der Waals surface area contributed by atoms with E-state index in [1.54, 1.807) is 0 Å². The van der Waals surface area contributed by atoms with Gasteiger partial charge in [-0.15, -0.1) is 0 Å². The molecule has 1 aromatic heterocycles. The van der Waals surface area contributed by atoms with Crippen LogP contribution in [0.5, 0.6) is 0 Å². The minimum Gasteiger partial charge on any atom is -0.370 e. The molecule has 1 aromatic rings. The average molecular weight is 250 g/mol. The van der Waals surface area contributed by atoms with Crippen molar-refractivity contribution in [3.05, 3.63) is 17.6 Å². The van der Waals surface area contributed by atoms with Crippen LogP contribution >= 0.6 is 0 Å². The maximum Gasteiger partial charge on any atom is 0.133 e. The molecule has 4 heteroatoms. The van der Waals surface area contributed by atoms with Crippen LogP contribution in [0, 0.1) is 12.8 Å². The summed E-state index contributed by atoms with van der Waals surface area (Å²) in [5.74, 6) is 2.82. The van der Waals surface area contributed by atoms with E-state index in [0.717, 1.165) is 43.3 Å². The third-order valence-corrected chi connectivity index (χ3v) is 3.11. The lowest BCUT2D eigenvalue weighted by Gasteiger charge is -2.16. The molecule has 3 N–H and O–H groups in total. The van der Waals surface area contributed by atoms with Gasteiger partial charge in [0.1, 0.15) is 11.6 Å². The number of nitrogens with two attached hydrogens (primary N) is 1. The van der Waals surface area contributed by atoms with Gasteiger partial charge in [-0.1, -0.05) is 27.2 Å². The second kappa shape index (κ2) is 7.31. The molecule has 1 unspecified atom stereocenters. The maximum absolute atomic E-state index is 5.61. The van der Waals surface area contributed by atoms with Gasteiger partial charge in [0.15, 0.2) is 0 Å². The largest absolute Gasteiger partial charge is 0.370 e. The number of nitrogens with zero attached hydrogens (tertiary/aromatic N) is 2. The van der Waals surface area contributed by atoms with Gasteiger partial charge in [-0.25, -0.2) is 9.97 Å². The normalized spacial score (nSPS) is 12.8. The van der Waals surface area contributed by atoms with Crippen molar-refractivity contribution < 1.29 is 0 Å². The standard InChI is InChI=1S/C14H26N4/c1-5-12(6-7-15)9-16-13-8-11(4)17-14(18-13)10(2)3/h8,10,12H,5-7,9,15H2,1-4H3,(H,16,17,18). The molecular formula is C14H26N4. The Labute approximate surface area is 110 Å². The van der Waals surface area contributed by atoms with Crippen LogP contribution in [-0.4, -0.2) is 23.1 Å². The third-order valence-electron chi connectivity index (χ3n) is 3.11. The van der Waals surface area contributed by atoms with E-state index < -0.39 is 0 Å². The predicted octanol–water partition coefficient (Wildman–Crippen LogP) is 2.70. The highest BCUT2D eigenvalue weighted by atomic mass is 15.0. The van der Waals surface area contributed by atoms with Crippen LogP contribution in [-0.2, 0) is 0 Å². The van der Waals surface area contributed by atoms with E-state index in [9.17, 15) is 0 Å². The molecule has 0 aliphatic rings. The number of aryl methyl sites for hydroxylation is 1. The van der Waals surface area contributed by atoms with E-state index in [2.05, 4.69) is 36.1 Å². The molecule has 0 aliphatic heterocycles. The fourth-order valence-corrected chi connectivity index (χ4v) is 1.88. The van der Waals surface area contributed by atoms with Crippen LogP contribution in [0.4, 0.5) is 5.82 Å². The number of nitrogens with one attached hydrogen (secondary N) is 1. The minimum atomic E-state index is 0.358. The molecule has 0 aromatic carbocycles. The van der Waals surface area contributed by atoms with E-state index >= 15 is 0 Å². The van der Waals surface area contributed by atoms with E-state index in [0.29, 0.717) is 11.8 Å². The van der Waals surface area contributed by atoms with Crippen molar-refractivity contribution in [1.82, 2.24) is 9.97 Å². The molecular weight excluding hydrogens is 224 g/mol. The fraction of sp³-hybridized carbons (Fsp3) is 0.714. The van der Waals surface area contributed by atoms with Crippen LogP contribution in [0.15, 0.2) is 6.07 Å². The molecule has 1 rings (SSSR count). The van der Waals surface area contributed by atoms with E-state index in [4.69, 9.17) is 5.73 Å². The summed E-state index contributed by atoms with van der Waals surface area (Å²) in [6.45, 7) is 10.1. The van der Waals surface area contributed by atoms with Crippen LogP contribution in [0.2, 0.25) is 0 Å². The molecule has 0 amide bonds. The quantitative estimate of drug-likeness (QED) is 0.781. The molecule has 0 spiro atoms. The van der Waals surface area contributed by atoms with Crippen LogP contribution in [0.1, 0.15) is 51.0 Å². The van der Waals surface area contributed by atoms with Crippen molar-refractivity contribution in [2.24, 2.45) is 11.7 Å². The molecule has 0 aliphatic carbocycles. The zero-order valence-electron chi connectivity index (χ0n) is 12.0. The number of hydrogen-bond acceptors (Lipinski definition) is 4. The zero-order valence-corrected chi connectivity index (χ0v) is 12.0. The van der Waals surface area contributed by atoms with Gasteiger partial charge in [-0.2, -0.15) is 0 Å². The second-order valence-electron chi connectivity index (χ2n) is 5.14. The summed E-state index contributed by atoms with van der Waals surface area (Å²) in [5, 5.41) is 3.41. The molecule has 0 saturated heterocycles. The summed E-state index contributed by atoms with van der Waals surface area (Å²) in [5.41, 5.74) is 6.63. The molecule has 1 heterocycles. The first kappa shape index (κ1) is 14.9. The van der Waals surface area contributed by atoms with Gasteiger partial charge in [-0.05, 0) is 25.8 Å². The highest BCUT2D eigenvalue weighted by Gasteiger charge is 2.08. The smallest absolute Gasteiger partial charge is 0.133 e. The van der Waals surface area contributed by atoms with E-state index in [1.807, 2.05) is 13.0 Å². The predicted molar refractivity (Wildman–Crippen MR) is 76.8 cm³/mol. The second-order valence-corrected chi connectivity index (χ2v) is 5.14. The van der Waals surface area contributed by atoms with Gasteiger partial charge in [0.05, 0.1) is 0 Å². The highest BCUT2D eigenvalue weighted by molar-refractivity contribution is 5.36. The topological polar surface area (TPSA) is 63.8 Å². The first-order valence-corrected chi connectivity index (χ1v) is 6.86. The molecule has 1 atom stereocenters. The first-order chi connectivity index (χ1) is 8.56. The number of anilines is 1. The number of rotatable bonds is 7. The summed E-state index contributed by atoms with van der Waals surface area (Å²) in [6.07, 6.45) is 2.20. The Kier molecular flexibility index (Phi) is 6.05. The van der Waals surface area contributed by atoms with Crippen LogP contribution < -0.4 is 11.1 Å². The van der Waals surface area contributed by atoms with Crippen molar-refractivity contribution in [3.63, 3.8) is 0 Å². The van der Waals surface area contributed by atoms with Gasteiger partial charge in [0.25, 0.3) is 0 Å². The van der Waals surface area contributed by atoms with Crippen molar-refractivity contribution in [3.8, 4) is 0 Å². The SMILES string of the molecule is CCC(CCN)CNc1cc(C)nc(C(C)C)n1.